The molecule has 1 aromatic heterocycles. The number of nitrogens with one attached hydrogen (secondary N) is 1. The minimum absolute atomic E-state index is 0.0307. The minimum atomic E-state index is -4.82. The van der Waals surface area contributed by atoms with Crippen LogP contribution in [0.2, 0.25) is 0 Å². The van der Waals surface area contributed by atoms with Crippen LogP contribution in [-0.2, 0) is 4.74 Å². The number of ether oxygens (including phenoxy) is 1. The number of aliphatic hydroxyl groups is 3. The van der Waals surface area contributed by atoms with Crippen LogP contribution in [0.3, 0.4) is 0 Å². The molecule has 1 fully saturated rings. The molecule has 0 radical (unpaired) electrons. The average molecular weight is 378 g/mol. The second kappa shape index (κ2) is 8.02. The lowest BCUT2D eigenvalue weighted by molar-refractivity contribution is -0.212. The highest BCUT2D eigenvalue weighted by Gasteiger charge is 2.37. The topological polar surface area (TPSA) is 143 Å². The van der Waals surface area contributed by atoms with Gasteiger partial charge in [-0.1, -0.05) is 11.8 Å². The highest BCUT2D eigenvalue weighted by Crippen LogP contribution is 2.27. The van der Waals surface area contributed by atoms with Crippen molar-refractivity contribution in [1.29, 1.82) is 0 Å². The van der Waals surface area contributed by atoms with Gasteiger partial charge in [-0.3, -0.25) is 9.88 Å². The quantitative estimate of drug-likeness (QED) is 0.308. The maximum absolute atomic E-state index is 12.1. The third-order valence-electron chi connectivity index (χ3n) is 3.59. The SMILES string of the molecule is Nc1nc(=O)n(C2CC(O)C(CO)O2)cc1C#CCNC(O)C(F)(F)F. The Morgan fingerprint density at radius 3 is 2.81 bits per heavy atom. The van der Waals surface area contributed by atoms with Crippen LogP contribution in [0.4, 0.5) is 19.0 Å². The summed E-state index contributed by atoms with van der Waals surface area (Å²) < 4.78 is 42.8. The predicted octanol–water partition coefficient (Wildman–Crippen LogP) is -1.71. The lowest BCUT2D eigenvalue weighted by atomic mass is 10.2. The van der Waals surface area contributed by atoms with Crippen molar-refractivity contribution in [3.05, 3.63) is 22.2 Å². The van der Waals surface area contributed by atoms with Gasteiger partial charge in [0.25, 0.3) is 0 Å². The molecule has 1 saturated heterocycles. The summed E-state index contributed by atoms with van der Waals surface area (Å²) in [5.74, 6) is 4.54. The van der Waals surface area contributed by atoms with Crippen LogP contribution in [0.15, 0.2) is 11.0 Å². The highest BCUT2D eigenvalue weighted by molar-refractivity contribution is 5.49. The fraction of sp³-hybridized carbons (Fsp3) is 0.571. The highest BCUT2D eigenvalue weighted by atomic mass is 19.4. The number of aliphatic hydroxyl groups excluding tert-OH is 3. The summed E-state index contributed by atoms with van der Waals surface area (Å²) in [6.07, 6.45) is -9.03. The predicted molar refractivity (Wildman–Crippen MR) is 81.5 cm³/mol. The molecule has 12 heteroatoms. The largest absolute Gasteiger partial charge is 0.427 e. The number of rotatable bonds is 4. The Bertz CT molecular complexity index is 758. The maximum Gasteiger partial charge on any atom is 0.427 e. The monoisotopic (exact) mass is 378 g/mol. The summed E-state index contributed by atoms with van der Waals surface area (Å²) in [4.78, 5) is 15.5. The maximum atomic E-state index is 12.1. The van der Waals surface area contributed by atoms with E-state index in [2.05, 4.69) is 16.8 Å². The van der Waals surface area contributed by atoms with E-state index in [1.165, 1.54) is 6.20 Å². The van der Waals surface area contributed by atoms with Gasteiger partial charge in [0.1, 0.15) is 18.1 Å². The molecule has 2 rings (SSSR count). The first kappa shape index (κ1) is 20.1. The van der Waals surface area contributed by atoms with Gasteiger partial charge in [0.05, 0.1) is 24.8 Å². The Kier molecular flexibility index (Phi) is 6.21. The number of nitrogens with two attached hydrogens (primary N) is 1. The lowest BCUT2D eigenvalue weighted by Gasteiger charge is -2.15. The molecular weight excluding hydrogens is 361 g/mol. The Morgan fingerprint density at radius 2 is 2.23 bits per heavy atom. The van der Waals surface area contributed by atoms with Crippen molar-refractivity contribution in [2.75, 3.05) is 18.9 Å². The van der Waals surface area contributed by atoms with Crippen LogP contribution >= 0.6 is 0 Å². The van der Waals surface area contributed by atoms with Gasteiger partial charge in [-0.2, -0.15) is 18.2 Å². The molecule has 2 heterocycles. The molecule has 0 amide bonds. The third kappa shape index (κ3) is 4.71. The number of aromatic nitrogens is 2. The van der Waals surface area contributed by atoms with Crippen LogP contribution in [0.25, 0.3) is 0 Å². The number of halogens is 3. The van der Waals surface area contributed by atoms with Crippen molar-refractivity contribution < 1.29 is 33.2 Å². The molecule has 4 unspecified atom stereocenters. The molecule has 6 N–H and O–H groups in total. The second-order valence-electron chi connectivity index (χ2n) is 5.47. The molecule has 9 nitrogen and oxygen atoms in total. The second-order valence-corrected chi connectivity index (χ2v) is 5.47. The smallest absolute Gasteiger partial charge is 0.394 e. The van der Waals surface area contributed by atoms with Crippen molar-refractivity contribution >= 4 is 5.82 Å². The van der Waals surface area contributed by atoms with Crippen molar-refractivity contribution in [3.63, 3.8) is 0 Å². The summed E-state index contributed by atoms with van der Waals surface area (Å²) in [7, 11) is 0. The Labute approximate surface area is 145 Å². The zero-order chi connectivity index (χ0) is 19.5. The summed E-state index contributed by atoms with van der Waals surface area (Å²) >= 11 is 0. The van der Waals surface area contributed by atoms with E-state index < -0.39 is 49.7 Å². The van der Waals surface area contributed by atoms with Gasteiger partial charge in [0.2, 0.25) is 6.23 Å². The van der Waals surface area contributed by atoms with E-state index >= 15 is 0 Å². The van der Waals surface area contributed by atoms with Gasteiger partial charge in [-0.25, -0.2) is 4.79 Å². The van der Waals surface area contributed by atoms with E-state index in [0.717, 1.165) is 4.57 Å². The average Bonchev–Trinajstić information content (AvgIpc) is 2.92. The molecule has 0 aromatic carbocycles. The number of anilines is 1. The summed E-state index contributed by atoms with van der Waals surface area (Å²) in [5, 5.41) is 29.3. The fourth-order valence-electron chi connectivity index (χ4n) is 2.24. The van der Waals surface area contributed by atoms with Gasteiger partial charge in [-0.05, 0) is 0 Å². The lowest BCUT2D eigenvalue weighted by Crippen LogP contribution is -2.42. The summed E-state index contributed by atoms with van der Waals surface area (Å²) in [6, 6.07) is 0. The Morgan fingerprint density at radius 1 is 1.54 bits per heavy atom. The zero-order valence-electron chi connectivity index (χ0n) is 13.3. The number of nitrogens with zero attached hydrogens (tertiary/aromatic N) is 2. The van der Waals surface area contributed by atoms with E-state index in [4.69, 9.17) is 20.7 Å². The van der Waals surface area contributed by atoms with Crippen LogP contribution in [-0.4, -0.2) is 62.6 Å². The molecule has 4 atom stereocenters. The van der Waals surface area contributed by atoms with Crippen LogP contribution in [0, 0.1) is 11.8 Å². The molecule has 144 valence electrons. The van der Waals surface area contributed by atoms with Gasteiger partial charge in [0.15, 0.2) is 0 Å². The minimum Gasteiger partial charge on any atom is -0.394 e. The first-order valence-corrected chi connectivity index (χ1v) is 7.43. The van der Waals surface area contributed by atoms with E-state index in [0.29, 0.717) is 0 Å². The normalized spacial score (nSPS) is 24.2. The van der Waals surface area contributed by atoms with Crippen molar-refractivity contribution in [2.24, 2.45) is 0 Å². The van der Waals surface area contributed by atoms with Gasteiger partial charge >= 0.3 is 11.9 Å². The van der Waals surface area contributed by atoms with Gasteiger partial charge < -0.3 is 25.8 Å². The molecule has 26 heavy (non-hydrogen) atoms. The molecular formula is C14H17F3N4O5. The van der Waals surface area contributed by atoms with Crippen molar-refractivity contribution in [1.82, 2.24) is 14.9 Å². The third-order valence-corrected chi connectivity index (χ3v) is 3.59. The van der Waals surface area contributed by atoms with Crippen LogP contribution in [0.5, 0.6) is 0 Å². The number of hydrogen-bond donors (Lipinski definition) is 5. The molecule has 1 aliphatic rings. The Hall–Kier alpha value is -2.17. The molecule has 0 aliphatic carbocycles. The zero-order valence-corrected chi connectivity index (χ0v) is 13.3. The van der Waals surface area contributed by atoms with E-state index in [-0.39, 0.29) is 17.8 Å². The molecule has 0 spiro atoms. The number of nitrogen functional groups attached to an aromatic ring is 1. The van der Waals surface area contributed by atoms with E-state index in [1.807, 2.05) is 0 Å². The standard InChI is InChI=1S/C14H17F3N4O5/c15-14(16,17)12(24)19-3-1-2-7-5-21(13(25)20-11(7)18)10-4-8(23)9(6-22)26-10/h5,8-10,12,19,22-24H,3-4,6H2,(H2,18,20,25). The van der Waals surface area contributed by atoms with E-state index in [1.54, 1.807) is 5.32 Å². The van der Waals surface area contributed by atoms with Crippen LogP contribution < -0.4 is 16.7 Å². The van der Waals surface area contributed by atoms with Gasteiger partial charge in [0, 0.05) is 12.6 Å². The summed E-state index contributed by atoms with van der Waals surface area (Å²) in [5.41, 5.74) is 4.86. The fourth-order valence-corrected chi connectivity index (χ4v) is 2.24. The molecule has 0 bridgehead atoms. The van der Waals surface area contributed by atoms with Crippen LogP contribution in [0.1, 0.15) is 18.2 Å². The van der Waals surface area contributed by atoms with E-state index in [9.17, 15) is 23.1 Å². The number of hydrogen-bond acceptors (Lipinski definition) is 8. The summed E-state index contributed by atoms with van der Waals surface area (Å²) in [6.45, 7) is -0.931. The molecule has 1 aromatic rings. The number of alkyl halides is 3. The molecule has 0 saturated carbocycles. The Balaban J connectivity index is 2.14. The van der Waals surface area contributed by atoms with Gasteiger partial charge in [-0.15, -0.1) is 0 Å². The first-order chi connectivity index (χ1) is 12.1. The van der Waals surface area contributed by atoms with Crippen molar-refractivity contribution in [2.45, 2.75) is 37.3 Å². The first-order valence-electron chi connectivity index (χ1n) is 7.43. The molecule has 1 aliphatic heterocycles. The van der Waals surface area contributed by atoms with Crippen molar-refractivity contribution in [3.8, 4) is 11.8 Å².